The number of hydrogen-bond acceptors (Lipinski definition) is 3. The Hall–Kier alpha value is -0.570. The van der Waals surface area contributed by atoms with Crippen LogP contribution in [0.4, 0.5) is 5.82 Å². The Balaban J connectivity index is 3.04. The molecule has 3 heteroatoms. The van der Waals surface area contributed by atoms with Gasteiger partial charge in [0.25, 0.3) is 0 Å². The van der Waals surface area contributed by atoms with Crippen molar-refractivity contribution >= 4 is 17.2 Å². The van der Waals surface area contributed by atoms with Crippen LogP contribution in [0, 0.1) is 6.92 Å². The maximum absolute atomic E-state index is 5.24. The molecule has 0 aliphatic carbocycles. The zero-order valence-corrected chi connectivity index (χ0v) is 4.53. The Labute approximate surface area is 46.0 Å². The Kier molecular flexibility index (Phi) is 0.982. The average Bonchev–Trinajstić information content (AvgIpc) is 1.87. The first-order valence-corrected chi connectivity index (χ1v) is 2.70. The molecule has 1 rings (SSSR count). The predicted molar refractivity (Wildman–Crippen MR) is 31.0 cm³/mol. The van der Waals surface area contributed by atoms with E-state index in [1.54, 1.807) is 5.38 Å². The van der Waals surface area contributed by atoms with Gasteiger partial charge in [-0.3, -0.25) is 0 Å². The number of nitrogens with two attached hydrogens (primary N) is 1. The monoisotopic (exact) mass is 113 g/mol. The van der Waals surface area contributed by atoms with Gasteiger partial charge < -0.3 is 5.73 Å². The van der Waals surface area contributed by atoms with Crippen LogP contribution in [0.3, 0.4) is 0 Å². The number of aromatic nitrogens is 1. The molecule has 0 bridgehead atoms. The Morgan fingerprint density at radius 1 is 1.86 bits per heavy atom. The predicted octanol–water partition coefficient (Wildman–Crippen LogP) is 0.907. The van der Waals surface area contributed by atoms with Crippen LogP contribution in [0.25, 0.3) is 0 Å². The van der Waals surface area contributed by atoms with Crippen molar-refractivity contribution in [2.24, 2.45) is 0 Å². The molecule has 0 aliphatic rings. The lowest BCUT2D eigenvalue weighted by Crippen LogP contribution is -1.81. The largest absolute Gasteiger partial charge is 0.383 e. The average molecular weight is 113 g/mol. The summed E-state index contributed by atoms with van der Waals surface area (Å²) in [6, 6.07) is 0. The Morgan fingerprint density at radius 3 is 2.71 bits per heavy atom. The van der Waals surface area contributed by atoms with Gasteiger partial charge in [0.1, 0.15) is 5.82 Å². The highest BCUT2D eigenvalue weighted by molar-refractivity contribution is 7.10. The van der Waals surface area contributed by atoms with Crippen molar-refractivity contribution in [3.05, 3.63) is 17.3 Å². The van der Waals surface area contributed by atoms with Crippen molar-refractivity contribution in [3.8, 4) is 0 Å². The minimum Gasteiger partial charge on any atom is -0.383 e. The van der Waals surface area contributed by atoms with E-state index in [-0.39, 0.29) is 0 Å². The summed E-state index contributed by atoms with van der Waals surface area (Å²) in [6.45, 7) is 3.57. The fourth-order valence-electron chi connectivity index (χ4n) is 0.325. The van der Waals surface area contributed by atoms with Gasteiger partial charge >= 0.3 is 0 Å². The van der Waals surface area contributed by atoms with Crippen molar-refractivity contribution in [3.63, 3.8) is 0 Å². The third-order valence-electron chi connectivity index (χ3n) is 0.570. The molecule has 0 unspecified atom stereocenters. The molecule has 0 saturated heterocycles. The molecule has 0 spiro atoms. The first-order valence-electron chi connectivity index (χ1n) is 1.82. The molecule has 0 aliphatic heterocycles. The van der Waals surface area contributed by atoms with Crippen LogP contribution in [0.2, 0.25) is 0 Å². The van der Waals surface area contributed by atoms with Crippen LogP contribution in [0.5, 0.6) is 0 Å². The molecule has 0 atom stereocenters. The van der Waals surface area contributed by atoms with E-state index in [0.29, 0.717) is 5.82 Å². The van der Waals surface area contributed by atoms with Gasteiger partial charge in [-0.1, -0.05) is 0 Å². The number of rotatable bonds is 0. The molecule has 0 fully saturated rings. The minimum atomic E-state index is 0.565. The zero-order chi connectivity index (χ0) is 5.28. The molecule has 37 valence electrons. The molecule has 2 nitrogen and oxygen atoms in total. The molecule has 0 amide bonds. The maximum atomic E-state index is 5.24. The second kappa shape index (κ2) is 1.50. The van der Waals surface area contributed by atoms with E-state index >= 15 is 0 Å². The number of thiazole rings is 1. The highest BCUT2D eigenvalue weighted by Gasteiger charge is 1.86. The van der Waals surface area contributed by atoms with E-state index in [0.717, 1.165) is 5.01 Å². The first-order chi connectivity index (χ1) is 3.29. The van der Waals surface area contributed by atoms with Crippen molar-refractivity contribution < 1.29 is 0 Å². The zero-order valence-electron chi connectivity index (χ0n) is 3.72. The summed E-state index contributed by atoms with van der Waals surface area (Å²) in [5.74, 6) is 0.565. The fraction of sp³-hybridized carbons (Fsp3) is 0. The van der Waals surface area contributed by atoms with Crippen LogP contribution in [-0.2, 0) is 0 Å². The molecule has 1 radical (unpaired) electrons. The maximum Gasteiger partial charge on any atom is 0.134 e. The number of nitrogen functional groups attached to an aromatic ring is 1. The van der Waals surface area contributed by atoms with Gasteiger partial charge in [0.05, 0.1) is 5.01 Å². The highest BCUT2D eigenvalue weighted by atomic mass is 32.1. The lowest BCUT2D eigenvalue weighted by molar-refractivity contribution is 1.37. The fourth-order valence-corrected chi connectivity index (χ4v) is 0.793. The second-order valence-corrected chi connectivity index (χ2v) is 2.11. The number of hydrogen-bond donors (Lipinski definition) is 1. The van der Waals surface area contributed by atoms with E-state index in [2.05, 4.69) is 11.9 Å². The third kappa shape index (κ3) is 0.899. The third-order valence-corrected chi connectivity index (χ3v) is 1.29. The van der Waals surface area contributed by atoms with Gasteiger partial charge in [-0.25, -0.2) is 4.98 Å². The summed E-state index contributed by atoms with van der Waals surface area (Å²) in [4.78, 5) is 3.80. The van der Waals surface area contributed by atoms with Crippen molar-refractivity contribution in [2.75, 3.05) is 5.73 Å². The normalized spacial score (nSPS) is 9.29. The van der Waals surface area contributed by atoms with Crippen LogP contribution in [-0.4, -0.2) is 4.98 Å². The molecule has 1 heterocycles. The number of nitrogens with zero attached hydrogens (tertiary/aromatic N) is 1. The van der Waals surface area contributed by atoms with Crippen LogP contribution >= 0.6 is 11.3 Å². The van der Waals surface area contributed by atoms with Gasteiger partial charge in [0.2, 0.25) is 0 Å². The molecule has 0 aromatic carbocycles. The molecule has 1 aromatic heterocycles. The molecule has 7 heavy (non-hydrogen) atoms. The van der Waals surface area contributed by atoms with E-state index < -0.39 is 0 Å². The lowest BCUT2D eigenvalue weighted by Gasteiger charge is -1.72. The van der Waals surface area contributed by atoms with Gasteiger partial charge in [-0.15, -0.1) is 11.3 Å². The van der Waals surface area contributed by atoms with Gasteiger partial charge in [-0.05, 0) is 0 Å². The van der Waals surface area contributed by atoms with Gasteiger partial charge in [0.15, 0.2) is 0 Å². The Morgan fingerprint density at radius 2 is 2.57 bits per heavy atom. The van der Waals surface area contributed by atoms with Crippen LogP contribution in [0.1, 0.15) is 5.01 Å². The quantitative estimate of drug-likeness (QED) is 0.543. The second-order valence-electron chi connectivity index (χ2n) is 1.17. The van der Waals surface area contributed by atoms with E-state index in [1.165, 1.54) is 11.3 Å². The summed E-state index contributed by atoms with van der Waals surface area (Å²) in [5, 5.41) is 2.54. The smallest absolute Gasteiger partial charge is 0.134 e. The minimum absolute atomic E-state index is 0.565. The van der Waals surface area contributed by atoms with E-state index in [9.17, 15) is 0 Å². The SMILES string of the molecule is [CH2]c1nc(N)cs1. The van der Waals surface area contributed by atoms with E-state index in [1.807, 2.05) is 0 Å². The van der Waals surface area contributed by atoms with Crippen molar-refractivity contribution in [2.45, 2.75) is 0 Å². The first kappa shape index (κ1) is 4.59. The molecule has 0 saturated carbocycles. The summed E-state index contributed by atoms with van der Waals surface area (Å²) < 4.78 is 0. The molecule has 1 aromatic rings. The van der Waals surface area contributed by atoms with E-state index in [4.69, 9.17) is 5.73 Å². The topological polar surface area (TPSA) is 38.9 Å². The van der Waals surface area contributed by atoms with Crippen LogP contribution < -0.4 is 5.73 Å². The number of anilines is 1. The summed E-state index contributed by atoms with van der Waals surface area (Å²) in [5.41, 5.74) is 5.24. The Bertz CT molecular complexity index is 142. The molecular formula is C4H5N2S. The lowest BCUT2D eigenvalue weighted by atomic mass is 10.8. The van der Waals surface area contributed by atoms with Gasteiger partial charge in [0, 0.05) is 12.3 Å². The summed E-state index contributed by atoms with van der Waals surface area (Å²) >= 11 is 1.46. The standard InChI is InChI=1S/C4H5N2S/c1-3-6-4(5)2-7-3/h2H,1,5H2. The highest BCUT2D eigenvalue weighted by Crippen LogP contribution is 2.07. The molecule has 2 N–H and O–H groups in total. The summed E-state index contributed by atoms with van der Waals surface area (Å²) in [7, 11) is 0. The van der Waals surface area contributed by atoms with Crippen molar-refractivity contribution in [1.29, 1.82) is 0 Å². The van der Waals surface area contributed by atoms with Gasteiger partial charge in [-0.2, -0.15) is 0 Å². The molecular weight excluding hydrogens is 108 g/mol. The van der Waals surface area contributed by atoms with Crippen molar-refractivity contribution in [1.82, 2.24) is 4.98 Å². The summed E-state index contributed by atoms with van der Waals surface area (Å²) in [6.07, 6.45) is 0. The van der Waals surface area contributed by atoms with Crippen LogP contribution in [0.15, 0.2) is 5.38 Å².